The van der Waals surface area contributed by atoms with Crippen molar-refractivity contribution in [3.8, 4) is 0 Å². The maximum absolute atomic E-state index is 4.75. The smallest absolute Gasteiger partial charge is 0.0662 e. The van der Waals surface area contributed by atoms with E-state index in [-0.39, 0.29) is 5.41 Å². The van der Waals surface area contributed by atoms with Crippen molar-refractivity contribution in [1.29, 1.82) is 0 Å². The van der Waals surface area contributed by atoms with Crippen LogP contribution < -0.4 is 0 Å². The van der Waals surface area contributed by atoms with Crippen molar-refractivity contribution < 1.29 is 0 Å². The summed E-state index contributed by atoms with van der Waals surface area (Å²) in [5, 5.41) is 4.75. The molecule has 1 aromatic rings. The highest BCUT2D eigenvalue weighted by molar-refractivity contribution is 5.34. The summed E-state index contributed by atoms with van der Waals surface area (Å²) >= 11 is 0. The maximum atomic E-state index is 4.75. The number of hydrogen-bond donors (Lipinski definition) is 0. The molecule has 1 aliphatic rings. The first-order chi connectivity index (χ1) is 7.04. The zero-order valence-corrected chi connectivity index (χ0v) is 10.4. The van der Waals surface area contributed by atoms with E-state index in [9.17, 15) is 0 Å². The molecule has 0 amide bonds. The molecule has 0 aliphatic carbocycles. The van der Waals surface area contributed by atoms with Crippen LogP contribution >= 0.6 is 0 Å². The number of nitrogens with zero attached hydrogens (tertiary/aromatic N) is 2. The fraction of sp³-hybridized carbons (Fsp3) is 0.769. The van der Waals surface area contributed by atoms with Gasteiger partial charge in [0.1, 0.15) is 0 Å². The number of rotatable bonds is 1. The average molecular weight is 206 g/mol. The van der Waals surface area contributed by atoms with Crippen molar-refractivity contribution in [2.45, 2.75) is 65.3 Å². The van der Waals surface area contributed by atoms with Crippen LogP contribution in [0.1, 0.15) is 57.5 Å². The van der Waals surface area contributed by atoms with Gasteiger partial charge in [-0.3, -0.25) is 4.68 Å². The zero-order chi connectivity index (χ0) is 11.1. The third-order valence-corrected chi connectivity index (χ3v) is 3.25. The first kappa shape index (κ1) is 10.7. The fourth-order valence-electron chi connectivity index (χ4n) is 2.66. The van der Waals surface area contributed by atoms with Crippen LogP contribution in [0.4, 0.5) is 0 Å². The Morgan fingerprint density at radius 3 is 2.60 bits per heavy atom. The lowest BCUT2D eigenvalue weighted by molar-refractivity contribution is 0.474. The van der Waals surface area contributed by atoms with Crippen molar-refractivity contribution in [3.63, 3.8) is 0 Å². The minimum absolute atomic E-state index is 0.246. The summed E-state index contributed by atoms with van der Waals surface area (Å²) in [6.07, 6.45) is 4.91. The van der Waals surface area contributed by atoms with E-state index in [1.807, 2.05) is 0 Å². The highest BCUT2D eigenvalue weighted by Gasteiger charge is 2.27. The molecule has 2 nitrogen and oxygen atoms in total. The molecule has 0 saturated carbocycles. The quantitative estimate of drug-likeness (QED) is 0.690. The molecule has 0 fully saturated rings. The van der Waals surface area contributed by atoms with Crippen LogP contribution in [-0.4, -0.2) is 9.78 Å². The molecule has 1 aliphatic heterocycles. The highest BCUT2D eigenvalue weighted by Crippen LogP contribution is 2.32. The highest BCUT2D eigenvalue weighted by atomic mass is 15.3. The third-order valence-electron chi connectivity index (χ3n) is 3.25. The van der Waals surface area contributed by atoms with Crippen molar-refractivity contribution in [3.05, 3.63) is 17.0 Å². The monoisotopic (exact) mass is 206 g/mol. The van der Waals surface area contributed by atoms with E-state index in [4.69, 9.17) is 5.10 Å². The van der Waals surface area contributed by atoms with Gasteiger partial charge in [-0.05, 0) is 31.1 Å². The lowest BCUT2D eigenvalue weighted by atomic mass is 9.83. The average Bonchev–Trinajstić information content (AvgIpc) is 2.54. The minimum atomic E-state index is 0.246. The van der Waals surface area contributed by atoms with Crippen LogP contribution in [0, 0.1) is 0 Å². The number of fused-ring (bicyclic) bond motifs is 1. The molecular formula is C13H22N2. The Balaban J connectivity index is 2.54. The van der Waals surface area contributed by atoms with E-state index < -0.39 is 0 Å². The molecule has 0 aromatic carbocycles. The molecule has 0 unspecified atom stereocenters. The van der Waals surface area contributed by atoms with E-state index in [1.54, 1.807) is 0 Å². The maximum Gasteiger partial charge on any atom is 0.0662 e. The van der Waals surface area contributed by atoms with Gasteiger partial charge < -0.3 is 0 Å². The normalized spacial score (nSPS) is 16.5. The van der Waals surface area contributed by atoms with Gasteiger partial charge in [-0.1, -0.05) is 27.7 Å². The Morgan fingerprint density at radius 2 is 2.00 bits per heavy atom. The molecule has 2 heteroatoms. The Kier molecular flexibility index (Phi) is 2.61. The van der Waals surface area contributed by atoms with Crippen molar-refractivity contribution in [2.75, 3.05) is 0 Å². The van der Waals surface area contributed by atoms with Gasteiger partial charge in [-0.25, -0.2) is 0 Å². The molecule has 1 aromatic heterocycles. The second-order valence-corrected chi connectivity index (χ2v) is 5.55. The van der Waals surface area contributed by atoms with Crippen molar-refractivity contribution in [2.24, 2.45) is 0 Å². The minimum Gasteiger partial charge on any atom is -0.269 e. The summed E-state index contributed by atoms with van der Waals surface area (Å²) in [7, 11) is 0. The van der Waals surface area contributed by atoms with Crippen molar-refractivity contribution >= 4 is 0 Å². The van der Waals surface area contributed by atoms with Crippen LogP contribution in [0.2, 0.25) is 0 Å². The van der Waals surface area contributed by atoms with Crippen LogP contribution in [0.25, 0.3) is 0 Å². The molecule has 0 saturated heterocycles. The lowest BCUT2D eigenvalue weighted by Crippen LogP contribution is -2.18. The Hall–Kier alpha value is -0.790. The van der Waals surface area contributed by atoms with Crippen molar-refractivity contribution in [1.82, 2.24) is 9.78 Å². The van der Waals surface area contributed by atoms with Crippen LogP contribution in [0.15, 0.2) is 0 Å². The predicted octanol–water partition coefficient (Wildman–Crippen LogP) is 3.08. The SMILES string of the molecule is CCc1nn2c(c1C(C)(C)C)CCCC2. The zero-order valence-electron chi connectivity index (χ0n) is 10.4. The Bertz CT molecular complexity index is 355. The molecular weight excluding hydrogens is 184 g/mol. The summed E-state index contributed by atoms with van der Waals surface area (Å²) in [6.45, 7) is 10.2. The molecule has 2 rings (SSSR count). The molecule has 2 heterocycles. The number of aryl methyl sites for hydroxylation is 2. The van der Waals surface area contributed by atoms with Gasteiger partial charge in [0.15, 0.2) is 0 Å². The van der Waals surface area contributed by atoms with E-state index in [2.05, 4.69) is 32.4 Å². The summed E-state index contributed by atoms with van der Waals surface area (Å²) in [5.74, 6) is 0. The van der Waals surface area contributed by atoms with Gasteiger partial charge >= 0.3 is 0 Å². The Labute approximate surface area is 92.7 Å². The molecule has 0 N–H and O–H groups in total. The van der Waals surface area contributed by atoms with Gasteiger partial charge in [-0.2, -0.15) is 5.10 Å². The number of aromatic nitrogens is 2. The van der Waals surface area contributed by atoms with E-state index >= 15 is 0 Å². The predicted molar refractivity (Wildman–Crippen MR) is 63.2 cm³/mol. The molecule has 84 valence electrons. The van der Waals surface area contributed by atoms with Gasteiger partial charge in [-0.15, -0.1) is 0 Å². The second-order valence-electron chi connectivity index (χ2n) is 5.55. The van der Waals surface area contributed by atoms with E-state index in [1.165, 1.54) is 36.2 Å². The first-order valence-electron chi connectivity index (χ1n) is 6.13. The fourth-order valence-corrected chi connectivity index (χ4v) is 2.66. The molecule has 0 spiro atoms. The summed E-state index contributed by atoms with van der Waals surface area (Å²) in [5.41, 5.74) is 4.59. The van der Waals surface area contributed by atoms with Crippen LogP contribution in [0.3, 0.4) is 0 Å². The van der Waals surface area contributed by atoms with E-state index in [0.717, 1.165) is 13.0 Å². The Morgan fingerprint density at radius 1 is 1.27 bits per heavy atom. The molecule has 0 radical (unpaired) electrons. The first-order valence-corrected chi connectivity index (χ1v) is 6.13. The molecule has 0 bridgehead atoms. The summed E-state index contributed by atoms with van der Waals surface area (Å²) in [6, 6.07) is 0. The van der Waals surface area contributed by atoms with E-state index in [0.29, 0.717) is 0 Å². The topological polar surface area (TPSA) is 17.8 Å². The summed E-state index contributed by atoms with van der Waals surface area (Å²) < 4.78 is 2.25. The number of hydrogen-bond acceptors (Lipinski definition) is 1. The van der Waals surface area contributed by atoms with Gasteiger partial charge in [0.25, 0.3) is 0 Å². The summed E-state index contributed by atoms with van der Waals surface area (Å²) in [4.78, 5) is 0. The van der Waals surface area contributed by atoms with Gasteiger partial charge in [0.2, 0.25) is 0 Å². The van der Waals surface area contributed by atoms with Crippen LogP contribution in [-0.2, 0) is 24.8 Å². The van der Waals surface area contributed by atoms with Gasteiger partial charge in [0, 0.05) is 17.8 Å². The second kappa shape index (κ2) is 3.66. The standard InChI is InChI=1S/C13H22N2/c1-5-10-12(13(2,3)4)11-8-6-7-9-15(11)14-10/h5-9H2,1-4H3. The third kappa shape index (κ3) is 1.82. The molecule has 0 atom stereocenters. The van der Waals surface area contributed by atoms with Gasteiger partial charge in [0.05, 0.1) is 5.69 Å². The largest absolute Gasteiger partial charge is 0.269 e. The molecule has 15 heavy (non-hydrogen) atoms. The van der Waals surface area contributed by atoms with Crippen LogP contribution in [0.5, 0.6) is 0 Å². The lowest BCUT2D eigenvalue weighted by Gasteiger charge is -2.23.